The molecule has 0 radical (unpaired) electrons. The fourth-order valence-corrected chi connectivity index (χ4v) is 6.60. The smallest absolute Gasteiger partial charge is 0.339 e. The van der Waals surface area contributed by atoms with Gasteiger partial charge in [0.15, 0.2) is 17.1 Å². The molecule has 9 atom stereocenters. The van der Waals surface area contributed by atoms with Gasteiger partial charge in [0.25, 0.3) is 0 Å². The van der Waals surface area contributed by atoms with Crippen molar-refractivity contribution in [3.63, 3.8) is 0 Å². The van der Waals surface area contributed by atoms with Crippen molar-refractivity contribution in [3.8, 4) is 0 Å². The maximum Gasteiger partial charge on any atom is 0.339 e. The van der Waals surface area contributed by atoms with Crippen molar-refractivity contribution >= 4 is 11.8 Å². The largest absolute Gasteiger partial charge is 0.479 e. The molecule has 8 heteroatoms. The lowest BCUT2D eigenvalue weighted by Gasteiger charge is -2.62. The summed E-state index contributed by atoms with van der Waals surface area (Å²) in [7, 11) is 0. The third kappa shape index (κ3) is 1.91. The molecule has 4 aliphatic carbocycles. The zero-order valence-corrected chi connectivity index (χ0v) is 15.6. The molecule has 0 aromatic carbocycles. The van der Waals surface area contributed by atoms with Gasteiger partial charge in [-0.3, -0.25) is 4.79 Å². The van der Waals surface area contributed by atoms with Gasteiger partial charge >= 0.3 is 5.97 Å². The lowest BCUT2D eigenvalue weighted by molar-refractivity contribution is -0.232. The first-order valence-corrected chi connectivity index (χ1v) is 9.44. The second kappa shape index (κ2) is 5.49. The molecule has 0 aromatic rings. The summed E-state index contributed by atoms with van der Waals surface area (Å²) < 4.78 is 31.8. The normalized spacial score (nSPS) is 55.2. The summed E-state index contributed by atoms with van der Waals surface area (Å²) in [6, 6.07) is 0. The number of carboxylic acid groups (broad SMARTS) is 1. The summed E-state index contributed by atoms with van der Waals surface area (Å²) in [5.74, 6) is -4.10. The van der Waals surface area contributed by atoms with Gasteiger partial charge in [-0.25, -0.2) is 13.6 Å². The van der Waals surface area contributed by atoms with Crippen molar-refractivity contribution in [1.82, 2.24) is 0 Å². The summed E-state index contributed by atoms with van der Waals surface area (Å²) in [4.78, 5) is 23.6. The summed E-state index contributed by atoms with van der Waals surface area (Å²) in [5.41, 5.74) is -8.09. The molecule has 28 heavy (non-hydrogen) atoms. The second-order valence-corrected chi connectivity index (χ2v) is 9.18. The number of aliphatic hydroxyl groups excluding tert-OH is 2. The number of carboxylic acids is 1. The molecule has 154 valence electrons. The minimum atomic E-state index is -2.57. The summed E-state index contributed by atoms with van der Waals surface area (Å²) in [5, 5.41) is 41.7. The number of alkyl halides is 2. The van der Waals surface area contributed by atoms with E-state index in [9.17, 15) is 30.0 Å². The predicted octanol–water partition coefficient (Wildman–Crippen LogP) is 1.09. The lowest BCUT2D eigenvalue weighted by Crippen LogP contribution is -2.70. The molecular formula is C20H24F2O6. The minimum absolute atomic E-state index is 0.0338. The third-order valence-electron chi connectivity index (χ3n) is 8.17. The fraction of sp³-hybridized carbons (Fsp3) is 0.700. The number of ketones is 1. The van der Waals surface area contributed by atoms with Crippen LogP contribution in [0.4, 0.5) is 8.78 Å². The van der Waals surface area contributed by atoms with Gasteiger partial charge in [0.1, 0.15) is 6.17 Å². The molecule has 0 amide bonds. The van der Waals surface area contributed by atoms with Crippen molar-refractivity contribution in [3.05, 3.63) is 23.8 Å². The number of aliphatic hydroxyl groups is 3. The maximum absolute atomic E-state index is 16.7. The number of halogens is 2. The van der Waals surface area contributed by atoms with Crippen molar-refractivity contribution in [1.29, 1.82) is 0 Å². The van der Waals surface area contributed by atoms with Crippen LogP contribution in [-0.4, -0.2) is 61.8 Å². The topological polar surface area (TPSA) is 115 Å². The van der Waals surface area contributed by atoms with E-state index in [4.69, 9.17) is 0 Å². The van der Waals surface area contributed by atoms with Crippen LogP contribution in [-0.2, 0) is 9.59 Å². The van der Waals surface area contributed by atoms with Gasteiger partial charge in [-0.15, -0.1) is 0 Å². The summed E-state index contributed by atoms with van der Waals surface area (Å²) in [6.45, 7) is 2.84. The average molecular weight is 398 g/mol. The van der Waals surface area contributed by atoms with Gasteiger partial charge in [0, 0.05) is 16.7 Å². The molecule has 0 spiro atoms. The van der Waals surface area contributed by atoms with Crippen molar-refractivity contribution in [2.45, 2.75) is 62.8 Å². The molecule has 0 aliphatic heterocycles. The van der Waals surface area contributed by atoms with Crippen molar-refractivity contribution in [2.24, 2.45) is 22.7 Å². The van der Waals surface area contributed by atoms with Gasteiger partial charge in [-0.05, 0) is 49.8 Å². The second-order valence-electron chi connectivity index (χ2n) is 9.18. The zero-order valence-electron chi connectivity index (χ0n) is 15.6. The van der Waals surface area contributed by atoms with E-state index in [0.29, 0.717) is 0 Å². The Morgan fingerprint density at radius 2 is 1.82 bits per heavy atom. The monoisotopic (exact) mass is 398 g/mol. The van der Waals surface area contributed by atoms with E-state index < -0.39 is 70.5 Å². The lowest BCUT2D eigenvalue weighted by atomic mass is 9.44. The Kier molecular flexibility index (Phi) is 3.86. The molecule has 4 N–H and O–H groups in total. The van der Waals surface area contributed by atoms with E-state index in [-0.39, 0.29) is 18.4 Å². The van der Waals surface area contributed by atoms with E-state index in [0.717, 1.165) is 12.2 Å². The fourth-order valence-electron chi connectivity index (χ4n) is 6.60. The van der Waals surface area contributed by atoms with Crippen LogP contribution >= 0.6 is 0 Å². The molecule has 4 aliphatic rings. The highest BCUT2D eigenvalue weighted by Crippen LogP contribution is 2.69. The first-order chi connectivity index (χ1) is 12.8. The van der Waals surface area contributed by atoms with Crippen molar-refractivity contribution < 1.29 is 38.8 Å². The Labute approximate surface area is 160 Å². The summed E-state index contributed by atoms with van der Waals surface area (Å²) in [6.07, 6.45) is -2.52. The molecule has 3 fully saturated rings. The van der Waals surface area contributed by atoms with E-state index in [1.54, 1.807) is 0 Å². The number of rotatable bonds is 1. The van der Waals surface area contributed by atoms with Crippen LogP contribution < -0.4 is 0 Å². The zero-order chi connectivity index (χ0) is 20.9. The number of carbonyl (C=O) groups is 2. The average Bonchev–Trinajstić information content (AvgIpc) is 2.81. The number of carbonyl (C=O) groups excluding carboxylic acids is 1. The Bertz CT molecular complexity index is 826. The van der Waals surface area contributed by atoms with Gasteiger partial charge in [-0.1, -0.05) is 13.0 Å². The first-order valence-electron chi connectivity index (χ1n) is 9.44. The maximum atomic E-state index is 16.7. The Morgan fingerprint density at radius 3 is 2.43 bits per heavy atom. The Balaban J connectivity index is 1.88. The molecule has 0 heterocycles. The minimum Gasteiger partial charge on any atom is -0.479 e. The molecule has 4 rings (SSSR count). The molecule has 1 unspecified atom stereocenters. The van der Waals surface area contributed by atoms with Crippen LogP contribution in [0.2, 0.25) is 0 Å². The summed E-state index contributed by atoms with van der Waals surface area (Å²) >= 11 is 0. The van der Waals surface area contributed by atoms with Crippen molar-refractivity contribution in [2.75, 3.05) is 0 Å². The highest BCUT2D eigenvalue weighted by atomic mass is 19.1. The van der Waals surface area contributed by atoms with Gasteiger partial charge < -0.3 is 20.4 Å². The number of hydrogen-bond donors (Lipinski definition) is 4. The quantitative estimate of drug-likeness (QED) is 0.526. The van der Waals surface area contributed by atoms with E-state index in [2.05, 4.69) is 0 Å². The Hall–Kier alpha value is -1.64. The Morgan fingerprint density at radius 1 is 1.18 bits per heavy atom. The predicted molar refractivity (Wildman–Crippen MR) is 92.6 cm³/mol. The number of aliphatic carboxylic acids is 1. The van der Waals surface area contributed by atoms with Crippen LogP contribution in [0, 0.1) is 22.7 Å². The molecule has 3 saturated carbocycles. The molecular weight excluding hydrogens is 374 g/mol. The molecule has 6 nitrogen and oxygen atoms in total. The van der Waals surface area contributed by atoms with Gasteiger partial charge in [-0.2, -0.15) is 0 Å². The van der Waals surface area contributed by atoms with Gasteiger partial charge in [0.05, 0.1) is 12.2 Å². The highest BCUT2D eigenvalue weighted by Gasteiger charge is 2.77. The molecule has 0 aromatic heterocycles. The van der Waals surface area contributed by atoms with E-state index in [1.165, 1.54) is 19.9 Å². The highest BCUT2D eigenvalue weighted by molar-refractivity contribution is 6.01. The number of fused-ring (bicyclic) bond motifs is 5. The standard InChI is InChI=1S/C20H24F2O6/c1-17-4-3-9(23)5-12(17)13(21)6-11-10-7-14(24)20(28,16(26)27)18(10,2)8-15(25)19(11,17)22/h3-5,10-11,13-15,24-25,28H,6-8H2,1-2H3,(H,26,27)/t10-,11-,13-,14+,15-,17-,18-,19?,20+/m0/s1. The van der Waals surface area contributed by atoms with Crippen LogP contribution in [0.3, 0.4) is 0 Å². The molecule has 0 saturated heterocycles. The van der Waals surface area contributed by atoms with Crippen LogP contribution in [0.25, 0.3) is 0 Å². The SMILES string of the molecule is C[C@]12C=CC(=O)C=C1[C@@H](F)C[C@H]1[C@@H]3C[C@@H](O)[C@@](O)(C(=O)O)[C@@]3(C)C[C@H](O)C12F. The number of hydrogen-bond acceptors (Lipinski definition) is 5. The first kappa shape index (κ1) is 19.7. The third-order valence-corrected chi connectivity index (χ3v) is 8.17. The van der Waals surface area contributed by atoms with Crippen LogP contribution in [0.5, 0.6) is 0 Å². The van der Waals surface area contributed by atoms with Crippen LogP contribution in [0.15, 0.2) is 23.8 Å². The number of allylic oxidation sites excluding steroid dienone is 4. The van der Waals surface area contributed by atoms with Crippen LogP contribution in [0.1, 0.15) is 33.1 Å². The molecule has 0 bridgehead atoms. The van der Waals surface area contributed by atoms with E-state index >= 15 is 8.78 Å². The van der Waals surface area contributed by atoms with Gasteiger partial charge in [0.2, 0.25) is 0 Å². The van der Waals surface area contributed by atoms with E-state index in [1.807, 2.05) is 0 Å².